The van der Waals surface area contributed by atoms with Gasteiger partial charge in [-0.1, -0.05) is 0 Å². The van der Waals surface area contributed by atoms with Crippen molar-refractivity contribution in [1.29, 1.82) is 0 Å². The first-order valence-corrected chi connectivity index (χ1v) is 8.03. The van der Waals surface area contributed by atoms with Gasteiger partial charge in [0.2, 0.25) is 11.8 Å². The van der Waals surface area contributed by atoms with Crippen LogP contribution in [0.2, 0.25) is 0 Å². The number of carbonyl (C=O) groups is 2. The monoisotopic (exact) mass is 350 g/mol. The molecule has 0 aliphatic carbocycles. The number of rotatable bonds is 5. The minimum Gasteiger partial charge on any atom is -0.326 e. The van der Waals surface area contributed by atoms with Crippen LogP contribution in [0.3, 0.4) is 0 Å². The summed E-state index contributed by atoms with van der Waals surface area (Å²) in [5.74, 6) is -1.92. The molecule has 0 fully saturated rings. The van der Waals surface area contributed by atoms with Crippen LogP contribution in [0.25, 0.3) is 0 Å². The second kappa shape index (κ2) is 7.92. The van der Waals surface area contributed by atoms with Crippen molar-refractivity contribution in [3.8, 4) is 0 Å². The maximum Gasteiger partial charge on any atom is 0.237 e. The van der Waals surface area contributed by atoms with Gasteiger partial charge in [-0.2, -0.15) is 0 Å². The van der Waals surface area contributed by atoms with Crippen LogP contribution in [0, 0.1) is 11.6 Å². The lowest BCUT2D eigenvalue weighted by Gasteiger charge is -2.13. The average Bonchev–Trinajstić information content (AvgIpc) is 2.52. The molecule has 2 aromatic rings. The fraction of sp³-hybridized carbons (Fsp3) is 0.176. The molecule has 2 N–H and O–H groups in total. The van der Waals surface area contributed by atoms with E-state index in [4.69, 9.17) is 0 Å². The maximum absolute atomic E-state index is 13.5. The van der Waals surface area contributed by atoms with Gasteiger partial charge >= 0.3 is 0 Å². The lowest BCUT2D eigenvalue weighted by atomic mass is 10.3. The molecule has 0 radical (unpaired) electrons. The summed E-state index contributed by atoms with van der Waals surface area (Å²) in [5.41, 5.74) is 0.472. The van der Waals surface area contributed by atoms with E-state index >= 15 is 0 Å². The van der Waals surface area contributed by atoms with E-state index in [1.54, 1.807) is 31.2 Å². The molecule has 7 heteroatoms. The molecule has 0 spiro atoms. The number of nitrogens with one attached hydrogen (secondary N) is 2. The fourth-order valence-corrected chi connectivity index (χ4v) is 2.77. The molecule has 2 aromatic carbocycles. The molecule has 0 bridgehead atoms. The van der Waals surface area contributed by atoms with Crippen molar-refractivity contribution in [2.75, 3.05) is 10.6 Å². The number of thioether (sulfide) groups is 1. The number of carbonyl (C=O) groups excluding carboxylic acids is 2. The maximum atomic E-state index is 13.5. The molecule has 4 nitrogen and oxygen atoms in total. The molecule has 0 aliphatic rings. The standard InChI is InChI=1S/C17H16F2N2O2S/c1-10(17(23)21-16-9-12(18)3-8-15(16)19)24-14-6-4-13(5-7-14)20-11(2)22/h3-10H,1-2H3,(H,20,22)(H,21,23). The molecular weight excluding hydrogens is 334 g/mol. The van der Waals surface area contributed by atoms with Crippen molar-refractivity contribution in [3.05, 3.63) is 54.1 Å². The van der Waals surface area contributed by atoms with E-state index in [9.17, 15) is 18.4 Å². The third kappa shape index (κ3) is 5.06. The number of anilines is 2. The molecule has 2 amide bonds. The SMILES string of the molecule is CC(=O)Nc1ccc(SC(C)C(=O)Nc2cc(F)ccc2F)cc1. The zero-order valence-electron chi connectivity index (χ0n) is 13.1. The topological polar surface area (TPSA) is 58.2 Å². The van der Waals surface area contributed by atoms with Crippen LogP contribution in [0.4, 0.5) is 20.2 Å². The third-order valence-corrected chi connectivity index (χ3v) is 4.16. The summed E-state index contributed by atoms with van der Waals surface area (Å²) >= 11 is 1.27. The van der Waals surface area contributed by atoms with Crippen LogP contribution >= 0.6 is 11.8 Å². The highest BCUT2D eigenvalue weighted by Crippen LogP contribution is 2.26. The minimum absolute atomic E-state index is 0.166. The van der Waals surface area contributed by atoms with Crippen molar-refractivity contribution < 1.29 is 18.4 Å². The van der Waals surface area contributed by atoms with Crippen LogP contribution in [0.15, 0.2) is 47.4 Å². The van der Waals surface area contributed by atoms with E-state index in [-0.39, 0.29) is 11.6 Å². The van der Waals surface area contributed by atoms with Gasteiger partial charge < -0.3 is 10.6 Å². The van der Waals surface area contributed by atoms with Gasteiger partial charge in [-0.15, -0.1) is 11.8 Å². The first kappa shape index (κ1) is 17.9. The van der Waals surface area contributed by atoms with Gasteiger partial charge in [0.05, 0.1) is 10.9 Å². The Morgan fingerprint density at radius 2 is 1.71 bits per heavy atom. The molecule has 1 atom stereocenters. The summed E-state index contributed by atoms with van der Waals surface area (Å²) in [6.45, 7) is 3.08. The number of halogens is 2. The molecule has 0 saturated heterocycles. The Labute approximate surface area is 142 Å². The van der Waals surface area contributed by atoms with Crippen LogP contribution in [-0.2, 0) is 9.59 Å². The molecule has 1 unspecified atom stereocenters. The van der Waals surface area contributed by atoms with Crippen molar-refractivity contribution in [1.82, 2.24) is 0 Å². The number of amides is 2. The van der Waals surface area contributed by atoms with Gasteiger partial charge in [-0.3, -0.25) is 9.59 Å². The van der Waals surface area contributed by atoms with Gasteiger partial charge in [0.15, 0.2) is 0 Å². The Morgan fingerprint density at radius 3 is 2.33 bits per heavy atom. The fourth-order valence-electron chi connectivity index (χ4n) is 1.91. The van der Waals surface area contributed by atoms with E-state index in [0.29, 0.717) is 5.69 Å². The van der Waals surface area contributed by atoms with Gasteiger partial charge in [0.1, 0.15) is 11.6 Å². The van der Waals surface area contributed by atoms with E-state index < -0.39 is 22.8 Å². The molecule has 0 aliphatic heterocycles. The van der Waals surface area contributed by atoms with E-state index in [2.05, 4.69) is 10.6 Å². The summed E-state index contributed by atoms with van der Waals surface area (Å²) in [5, 5.41) is 4.51. The van der Waals surface area contributed by atoms with Crippen molar-refractivity contribution in [3.63, 3.8) is 0 Å². The van der Waals surface area contributed by atoms with Gasteiger partial charge in [0.25, 0.3) is 0 Å². The summed E-state index contributed by atoms with van der Waals surface area (Å²) in [6, 6.07) is 9.86. The molecule has 2 rings (SSSR count). The molecule has 0 heterocycles. The quantitative estimate of drug-likeness (QED) is 0.800. The second-order valence-corrected chi connectivity index (χ2v) is 6.49. The Balaban J connectivity index is 1.98. The highest BCUT2D eigenvalue weighted by molar-refractivity contribution is 8.00. The normalized spacial score (nSPS) is 11.7. The predicted molar refractivity (Wildman–Crippen MR) is 91.1 cm³/mol. The third-order valence-electron chi connectivity index (χ3n) is 3.04. The minimum atomic E-state index is -0.693. The first-order chi connectivity index (χ1) is 11.3. The number of hydrogen-bond acceptors (Lipinski definition) is 3. The highest BCUT2D eigenvalue weighted by Gasteiger charge is 2.16. The van der Waals surface area contributed by atoms with Crippen LogP contribution < -0.4 is 10.6 Å². The van der Waals surface area contributed by atoms with Gasteiger partial charge in [-0.25, -0.2) is 8.78 Å². The second-order valence-electron chi connectivity index (χ2n) is 5.08. The average molecular weight is 350 g/mol. The van der Waals surface area contributed by atoms with Gasteiger partial charge in [-0.05, 0) is 43.3 Å². The van der Waals surface area contributed by atoms with E-state index in [0.717, 1.165) is 23.1 Å². The smallest absolute Gasteiger partial charge is 0.237 e. The molecule has 126 valence electrons. The number of benzene rings is 2. The highest BCUT2D eigenvalue weighted by atomic mass is 32.2. The molecule has 0 saturated carbocycles. The Hall–Kier alpha value is -2.41. The summed E-state index contributed by atoms with van der Waals surface area (Å²) in [4.78, 5) is 23.9. The van der Waals surface area contributed by atoms with Crippen LogP contribution in [0.1, 0.15) is 13.8 Å². The lowest BCUT2D eigenvalue weighted by Crippen LogP contribution is -2.23. The van der Waals surface area contributed by atoms with Crippen molar-refractivity contribution in [2.45, 2.75) is 24.0 Å². The summed E-state index contributed by atoms with van der Waals surface area (Å²) < 4.78 is 26.7. The zero-order valence-corrected chi connectivity index (χ0v) is 13.9. The van der Waals surface area contributed by atoms with Gasteiger partial charge in [0, 0.05) is 23.6 Å². The molecular formula is C17H16F2N2O2S. The van der Waals surface area contributed by atoms with Crippen molar-refractivity contribution in [2.24, 2.45) is 0 Å². The first-order valence-electron chi connectivity index (χ1n) is 7.15. The summed E-state index contributed by atoms with van der Waals surface area (Å²) in [6.07, 6.45) is 0. The number of hydrogen-bond donors (Lipinski definition) is 2. The summed E-state index contributed by atoms with van der Waals surface area (Å²) in [7, 11) is 0. The van der Waals surface area contributed by atoms with Crippen LogP contribution in [-0.4, -0.2) is 17.1 Å². The Bertz CT molecular complexity index is 751. The van der Waals surface area contributed by atoms with E-state index in [1.165, 1.54) is 18.7 Å². The van der Waals surface area contributed by atoms with E-state index in [1.807, 2.05) is 0 Å². The zero-order chi connectivity index (χ0) is 17.7. The Morgan fingerprint density at radius 1 is 1.04 bits per heavy atom. The van der Waals surface area contributed by atoms with Crippen molar-refractivity contribution >= 4 is 35.0 Å². The lowest BCUT2D eigenvalue weighted by molar-refractivity contribution is -0.115. The van der Waals surface area contributed by atoms with Crippen LogP contribution in [0.5, 0.6) is 0 Å². The predicted octanol–water partition coefficient (Wildman–Crippen LogP) is 4.04. The molecule has 24 heavy (non-hydrogen) atoms. The Kier molecular flexibility index (Phi) is 5.92. The molecule has 0 aromatic heterocycles. The largest absolute Gasteiger partial charge is 0.326 e.